The van der Waals surface area contributed by atoms with Crippen LogP contribution in [0.5, 0.6) is 0 Å². The van der Waals surface area contributed by atoms with Crippen LogP contribution in [0, 0.1) is 28.7 Å². The first-order valence-electron chi connectivity index (χ1n) is 3.77. The van der Waals surface area contributed by atoms with Crippen molar-refractivity contribution in [2.75, 3.05) is 0 Å². The molecule has 0 saturated heterocycles. The van der Waals surface area contributed by atoms with Gasteiger partial charge in [0, 0.05) is 3.57 Å². The number of hydrogen-bond acceptors (Lipinski definition) is 1. The first-order chi connectivity index (χ1) is 5.65. The summed E-state index contributed by atoms with van der Waals surface area (Å²) in [5.41, 5.74) is 3.62. The first-order valence-corrected chi connectivity index (χ1v) is 4.85. The molecule has 2 heteroatoms. The van der Waals surface area contributed by atoms with Crippen LogP contribution in [0.3, 0.4) is 0 Å². The molecule has 0 aliphatic rings. The van der Waals surface area contributed by atoms with Crippen molar-refractivity contribution in [3.05, 3.63) is 32.4 Å². The van der Waals surface area contributed by atoms with Crippen LogP contribution in [-0.2, 0) is 6.42 Å². The van der Waals surface area contributed by atoms with Gasteiger partial charge in [0.05, 0.1) is 12.5 Å². The van der Waals surface area contributed by atoms with Gasteiger partial charge in [0.25, 0.3) is 0 Å². The molecule has 0 unspecified atom stereocenters. The summed E-state index contributed by atoms with van der Waals surface area (Å²) in [5.74, 6) is 0. The zero-order valence-electron chi connectivity index (χ0n) is 7.19. The summed E-state index contributed by atoms with van der Waals surface area (Å²) in [5, 5.41) is 8.55. The fourth-order valence-electron chi connectivity index (χ4n) is 1.12. The summed E-state index contributed by atoms with van der Waals surface area (Å²) in [6, 6.07) is 6.39. The molecule has 1 aromatic rings. The smallest absolute Gasteiger partial charge is 0.0669 e. The Balaban J connectivity index is 3.16. The van der Waals surface area contributed by atoms with Crippen LogP contribution in [0.4, 0.5) is 0 Å². The predicted octanol–water partition coefficient (Wildman–Crippen LogP) is 2.97. The Labute approximate surface area is 86.5 Å². The molecule has 0 bridgehead atoms. The average molecular weight is 271 g/mol. The van der Waals surface area contributed by atoms with E-state index in [9.17, 15) is 0 Å². The van der Waals surface area contributed by atoms with E-state index in [2.05, 4.69) is 47.7 Å². The van der Waals surface area contributed by atoms with E-state index in [1.165, 1.54) is 14.7 Å². The standard InChI is InChI=1S/C10H10IN/c1-7-6-10(11)8(2)5-9(7)3-4-12/h5-6H,3H2,1-2H3. The molecular formula is C10H10IN. The number of hydrogen-bond donors (Lipinski definition) is 0. The monoisotopic (exact) mass is 271 g/mol. The van der Waals surface area contributed by atoms with Crippen LogP contribution >= 0.6 is 22.6 Å². The minimum absolute atomic E-state index is 0.517. The molecule has 1 nitrogen and oxygen atoms in total. The highest BCUT2D eigenvalue weighted by Crippen LogP contribution is 2.17. The highest BCUT2D eigenvalue weighted by molar-refractivity contribution is 14.1. The minimum atomic E-state index is 0.517. The number of aryl methyl sites for hydroxylation is 2. The third-order valence-corrected chi connectivity index (χ3v) is 3.05. The average Bonchev–Trinajstić information content (AvgIpc) is 2.01. The lowest BCUT2D eigenvalue weighted by molar-refractivity contribution is 1.19. The molecule has 0 atom stereocenters. The Morgan fingerprint density at radius 2 is 2.00 bits per heavy atom. The highest BCUT2D eigenvalue weighted by atomic mass is 127. The molecule has 0 radical (unpaired) electrons. The second kappa shape index (κ2) is 3.90. The van der Waals surface area contributed by atoms with Gasteiger partial charge in [-0.25, -0.2) is 0 Å². The van der Waals surface area contributed by atoms with E-state index >= 15 is 0 Å². The maximum atomic E-state index is 8.55. The summed E-state index contributed by atoms with van der Waals surface area (Å²) < 4.78 is 1.27. The summed E-state index contributed by atoms with van der Waals surface area (Å²) in [4.78, 5) is 0. The van der Waals surface area contributed by atoms with Crippen molar-refractivity contribution in [2.45, 2.75) is 20.3 Å². The quantitative estimate of drug-likeness (QED) is 0.720. The molecule has 0 aliphatic carbocycles. The van der Waals surface area contributed by atoms with E-state index in [4.69, 9.17) is 5.26 Å². The van der Waals surface area contributed by atoms with E-state index in [1.54, 1.807) is 0 Å². The Morgan fingerprint density at radius 1 is 1.33 bits per heavy atom. The normalized spacial score (nSPS) is 9.50. The van der Waals surface area contributed by atoms with Crippen LogP contribution in [0.2, 0.25) is 0 Å². The third-order valence-electron chi connectivity index (χ3n) is 1.89. The minimum Gasteiger partial charge on any atom is -0.198 e. The SMILES string of the molecule is Cc1cc(CC#N)c(C)cc1I. The van der Waals surface area contributed by atoms with Crippen LogP contribution in [-0.4, -0.2) is 0 Å². The topological polar surface area (TPSA) is 23.8 Å². The maximum Gasteiger partial charge on any atom is 0.0669 e. The molecule has 0 saturated carbocycles. The van der Waals surface area contributed by atoms with Crippen LogP contribution in [0.1, 0.15) is 16.7 Å². The number of rotatable bonds is 1. The van der Waals surface area contributed by atoms with E-state index in [0.29, 0.717) is 6.42 Å². The molecule has 62 valence electrons. The molecule has 12 heavy (non-hydrogen) atoms. The Morgan fingerprint density at radius 3 is 2.58 bits per heavy atom. The van der Waals surface area contributed by atoms with Crippen molar-refractivity contribution in [1.82, 2.24) is 0 Å². The largest absolute Gasteiger partial charge is 0.198 e. The van der Waals surface area contributed by atoms with Gasteiger partial charge >= 0.3 is 0 Å². The van der Waals surface area contributed by atoms with Crippen molar-refractivity contribution in [3.63, 3.8) is 0 Å². The maximum absolute atomic E-state index is 8.55. The van der Waals surface area contributed by atoms with Gasteiger partial charge in [-0.15, -0.1) is 0 Å². The first kappa shape index (κ1) is 9.53. The fourth-order valence-corrected chi connectivity index (χ4v) is 1.74. The van der Waals surface area contributed by atoms with Crippen molar-refractivity contribution < 1.29 is 0 Å². The molecule has 0 N–H and O–H groups in total. The summed E-state index contributed by atoms with van der Waals surface area (Å²) in [7, 11) is 0. The fraction of sp³-hybridized carbons (Fsp3) is 0.300. The van der Waals surface area contributed by atoms with Gasteiger partial charge in [-0.05, 0) is 59.2 Å². The molecular weight excluding hydrogens is 261 g/mol. The second-order valence-corrected chi connectivity index (χ2v) is 4.02. The van der Waals surface area contributed by atoms with Crippen molar-refractivity contribution >= 4 is 22.6 Å². The molecule has 1 rings (SSSR count). The van der Waals surface area contributed by atoms with E-state index in [-0.39, 0.29) is 0 Å². The Hall–Kier alpha value is -0.560. The van der Waals surface area contributed by atoms with Gasteiger partial charge in [-0.2, -0.15) is 5.26 Å². The Kier molecular flexibility index (Phi) is 3.10. The van der Waals surface area contributed by atoms with E-state index in [1.807, 2.05) is 6.92 Å². The highest BCUT2D eigenvalue weighted by Gasteiger charge is 2.01. The van der Waals surface area contributed by atoms with Gasteiger partial charge in [0.15, 0.2) is 0 Å². The van der Waals surface area contributed by atoms with Gasteiger partial charge in [0.2, 0.25) is 0 Å². The van der Waals surface area contributed by atoms with Gasteiger partial charge in [-0.3, -0.25) is 0 Å². The third kappa shape index (κ3) is 1.98. The van der Waals surface area contributed by atoms with E-state index in [0.717, 1.165) is 5.56 Å². The van der Waals surface area contributed by atoms with Crippen LogP contribution in [0.25, 0.3) is 0 Å². The van der Waals surface area contributed by atoms with Gasteiger partial charge in [-0.1, -0.05) is 6.07 Å². The molecule has 0 fully saturated rings. The van der Waals surface area contributed by atoms with Crippen LogP contribution < -0.4 is 0 Å². The molecule has 0 heterocycles. The van der Waals surface area contributed by atoms with Gasteiger partial charge in [0.1, 0.15) is 0 Å². The van der Waals surface area contributed by atoms with Crippen molar-refractivity contribution in [3.8, 4) is 6.07 Å². The van der Waals surface area contributed by atoms with E-state index < -0.39 is 0 Å². The summed E-state index contributed by atoms with van der Waals surface area (Å²) in [6.07, 6.45) is 0.517. The molecule has 0 amide bonds. The molecule has 1 aromatic carbocycles. The number of halogens is 1. The molecule has 0 aromatic heterocycles. The lowest BCUT2D eigenvalue weighted by atomic mass is 10.0. The number of nitrogens with zero attached hydrogens (tertiary/aromatic N) is 1. The van der Waals surface area contributed by atoms with Crippen molar-refractivity contribution in [1.29, 1.82) is 5.26 Å². The Bertz CT molecular complexity index is 336. The zero-order valence-corrected chi connectivity index (χ0v) is 9.34. The zero-order chi connectivity index (χ0) is 9.14. The number of nitriles is 1. The predicted molar refractivity (Wildman–Crippen MR) is 58.0 cm³/mol. The van der Waals surface area contributed by atoms with Crippen LogP contribution in [0.15, 0.2) is 12.1 Å². The lowest BCUT2D eigenvalue weighted by Gasteiger charge is -2.04. The summed E-state index contributed by atoms with van der Waals surface area (Å²) in [6.45, 7) is 4.12. The lowest BCUT2D eigenvalue weighted by Crippen LogP contribution is -1.91. The summed E-state index contributed by atoms with van der Waals surface area (Å²) >= 11 is 2.31. The molecule has 0 aliphatic heterocycles. The second-order valence-electron chi connectivity index (χ2n) is 2.86. The van der Waals surface area contributed by atoms with Gasteiger partial charge < -0.3 is 0 Å². The molecule has 0 spiro atoms. The van der Waals surface area contributed by atoms with Crippen molar-refractivity contribution in [2.24, 2.45) is 0 Å². The number of benzene rings is 1.